The highest BCUT2D eigenvalue weighted by Gasteiger charge is 2.13. The molecule has 0 fully saturated rings. The first-order valence-electron chi connectivity index (χ1n) is 7.97. The molecule has 0 spiro atoms. The van der Waals surface area contributed by atoms with E-state index in [1.54, 1.807) is 11.3 Å². The molecule has 1 aromatic heterocycles. The molecule has 1 heterocycles. The van der Waals surface area contributed by atoms with Gasteiger partial charge in [-0.1, -0.05) is 54.6 Å². The second-order valence-electron chi connectivity index (χ2n) is 5.53. The van der Waals surface area contributed by atoms with Gasteiger partial charge in [0, 0.05) is 17.1 Å². The summed E-state index contributed by atoms with van der Waals surface area (Å²) in [7, 11) is 0. The summed E-state index contributed by atoms with van der Waals surface area (Å²) < 4.78 is 0. The van der Waals surface area contributed by atoms with Gasteiger partial charge in [0.1, 0.15) is 0 Å². The molecular weight excluding hydrogens is 316 g/mol. The van der Waals surface area contributed by atoms with Crippen molar-refractivity contribution in [3.8, 4) is 0 Å². The van der Waals surface area contributed by atoms with Gasteiger partial charge in [0.15, 0.2) is 0 Å². The third-order valence-corrected chi connectivity index (χ3v) is 4.61. The topological polar surface area (TPSA) is 41.1 Å². The van der Waals surface area contributed by atoms with Crippen LogP contribution in [0, 0.1) is 0 Å². The van der Waals surface area contributed by atoms with E-state index in [2.05, 4.69) is 22.8 Å². The minimum Gasteiger partial charge on any atom is -0.376 e. The van der Waals surface area contributed by atoms with Crippen molar-refractivity contribution in [2.24, 2.45) is 0 Å². The van der Waals surface area contributed by atoms with Crippen molar-refractivity contribution in [3.63, 3.8) is 0 Å². The maximum atomic E-state index is 12.2. The molecular formula is C20H20N2OS. The second kappa shape index (κ2) is 8.31. The number of carbonyl (C=O) groups is 1. The zero-order chi connectivity index (χ0) is 16.6. The predicted octanol–water partition coefficient (Wildman–Crippen LogP) is 4.26. The van der Waals surface area contributed by atoms with Crippen molar-refractivity contribution < 1.29 is 4.79 Å². The molecule has 3 aromatic rings. The summed E-state index contributed by atoms with van der Waals surface area (Å²) in [6.45, 7) is 0.545. The highest BCUT2D eigenvalue weighted by Crippen LogP contribution is 2.19. The zero-order valence-electron chi connectivity index (χ0n) is 13.3. The summed E-state index contributed by atoms with van der Waals surface area (Å²) in [6, 6.07) is 24.2. The maximum absolute atomic E-state index is 12.2. The van der Waals surface area contributed by atoms with Crippen LogP contribution in [0.3, 0.4) is 0 Å². The quantitative estimate of drug-likeness (QED) is 0.677. The van der Waals surface area contributed by atoms with Gasteiger partial charge in [0.05, 0.1) is 12.5 Å². The number of rotatable bonds is 7. The second-order valence-corrected chi connectivity index (χ2v) is 6.57. The van der Waals surface area contributed by atoms with Crippen molar-refractivity contribution in [1.29, 1.82) is 0 Å². The summed E-state index contributed by atoms with van der Waals surface area (Å²) in [5, 5.41) is 8.53. The summed E-state index contributed by atoms with van der Waals surface area (Å²) in [5.41, 5.74) is 2.19. The fraction of sp³-hybridized carbons (Fsp3) is 0.150. The lowest BCUT2D eigenvalue weighted by Gasteiger charge is -2.21. The van der Waals surface area contributed by atoms with E-state index >= 15 is 0 Å². The number of amides is 1. The number of thiophene rings is 1. The molecule has 1 atom stereocenters. The van der Waals surface area contributed by atoms with E-state index < -0.39 is 0 Å². The molecule has 0 aliphatic rings. The van der Waals surface area contributed by atoms with Gasteiger partial charge in [-0.05, 0) is 29.1 Å². The Morgan fingerprint density at radius 1 is 0.917 bits per heavy atom. The largest absolute Gasteiger partial charge is 0.376 e. The zero-order valence-corrected chi connectivity index (χ0v) is 14.1. The third kappa shape index (κ3) is 4.70. The fourth-order valence-corrected chi connectivity index (χ4v) is 3.23. The Bertz CT molecular complexity index is 742. The molecule has 3 rings (SSSR count). The SMILES string of the molecule is O=C(Cc1cccs1)NCC(Nc1ccccc1)c1ccccc1. The Hall–Kier alpha value is -2.59. The number of anilines is 1. The van der Waals surface area contributed by atoms with Gasteiger partial charge in [-0.3, -0.25) is 4.79 Å². The molecule has 0 aliphatic carbocycles. The van der Waals surface area contributed by atoms with Crippen LogP contribution in [-0.4, -0.2) is 12.5 Å². The molecule has 0 saturated heterocycles. The monoisotopic (exact) mass is 336 g/mol. The number of nitrogens with one attached hydrogen (secondary N) is 2. The van der Waals surface area contributed by atoms with E-state index in [0.29, 0.717) is 13.0 Å². The van der Waals surface area contributed by atoms with Crippen LogP contribution in [0.4, 0.5) is 5.69 Å². The maximum Gasteiger partial charge on any atom is 0.225 e. The van der Waals surface area contributed by atoms with E-state index in [-0.39, 0.29) is 11.9 Å². The first-order chi connectivity index (χ1) is 11.8. The molecule has 4 heteroatoms. The molecule has 0 saturated carbocycles. The van der Waals surface area contributed by atoms with Crippen LogP contribution in [0.25, 0.3) is 0 Å². The Labute approximate surface area is 146 Å². The molecule has 122 valence electrons. The molecule has 0 radical (unpaired) electrons. The molecule has 3 nitrogen and oxygen atoms in total. The van der Waals surface area contributed by atoms with E-state index in [1.165, 1.54) is 0 Å². The number of carbonyl (C=O) groups excluding carboxylic acids is 1. The van der Waals surface area contributed by atoms with Crippen LogP contribution in [-0.2, 0) is 11.2 Å². The third-order valence-electron chi connectivity index (χ3n) is 3.73. The summed E-state index contributed by atoms with van der Waals surface area (Å²) in [6.07, 6.45) is 0.435. The normalized spacial score (nSPS) is 11.7. The highest BCUT2D eigenvalue weighted by molar-refractivity contribution is 7.10. The van der Waals surface area contributed by atoms with Crippen LogP contribution in [0.5, 0.6) is 0 Å². The first-order valence-corrected chi connectivity index (χ1v) is 8.85. The highest BCUT2D eigenvalue weighted by atomic mass is 32.1. The van der Waals surface area contributed by atoms with Crippen LogP contribution in [0.15, 0.2) is 78.2 Å². The average molecular weight is 336 g/mol. The van der Waals surface area contributed by atoms with Crippen LogP contribution in [0.2, 0.25) is 0 Å². The standard InChI is InChI=1S/C20H20N2OS/c23-20(14-18-12-7-13-24-18)21-15-19(16-8-3-1-4-9-16)22-17-10-5-2-6-11-17/h1-13,19,22H,14-15H2,(H,21,23). The van der Waals surface area contributed by atoms with Gasteiger partial charge in [0.25, 0.3) is 0 Å². The summed E-state index contributed by atoms with van der Waals surface area (Å²) in [4.78, 5) is 13.2. The Morgan fingerprint density at radius 2 is 1.62 bits per heavy atom. The first kappa shape index (κ1) is 16.3. The van der Waals surface area contributed by atoms with E-state index in [0.717, 1.165) is 16.1 Å². The van der Waals surface area contributed by atoms with E-state index in [1.807, 2.05) is 66.0 Å². The van der Waals surface area contributed by atoms with Gasteiger partial charge in [-0.15, -0.1) is 11.3 Å². The molecule has 2 aromatic carbocycles. The van der Waals surface area contributed by atoms with Gasteiger partial charge in [-0.2, -0.15) is 0 Å². The van der Waals surface area contributed by atoms with Crippen LogP contribution < -0.4 is 10.6 Å². The fourth-order valence-electron chi connectivity index (χ4n) is 2.52. The Balaban J connectivity index is 1.65. The number of benzene rings is 2. The molecule has 24 heavy (non-hydrogen) atoms. The van der Waals surface area contributed by atoms with Gasteiger partial charge in [0.2, 0.25) is 5.91 Å². The predicted molar refractivity (Wildman–Crippen MR) is 100 cm³/mol. The Morgan fingerprint density at radius 3 is 2.29 bits per heavy atom. The summed E-state index contributed by atoms with van der Waals surface area (Å²) >= 11 is 1.61. The van der Waals surface area contributed by atoms with Gasteiger partial charge >= 0.3 is 0 Å². The molecule has 1 unspecified atom stereocenters. The van der Waals surface area contributed by atoms with Crippen molar-refractivity contribution >= 4 is 22.9 Å². The smallest absolute Gasteiger partial charge is 0.225 e. The minimum atomic E-state index is 0.0286. The lowest BCUT2D eigenvalue weighted by molar-refractivity contribution is -0.120. The van der Waals surface area contributed by atoms with E-state index in [9.17, 15) is 4.79 Å². The van der Waals surface area contributed by atoms with Crippen molar-refractivity contribution in [2.45, 2.75) is 12.5 Å². The van der Waals surface area contributed by atoms with Crippen molar-refractivity contribution in [3.05, 3.63) is 88.6 Å². The molecule has 0 bridgehead atoms. The van der Waals surface area contributed by atoms with Crippen LogP contribution in [0.1, 0.15) is 16.5 Å². The number of hydrogen-bond donors (Lipinski definition) is 2. The molecule has 1 amide bonds. The van der Waals surface area contributed by atoms with E-state index in [4.69, 9.17) is 0 Å². The van der Waals surface area contributed by atoms with Crippen molar-refractivity contribution in [1.82, 2.24) is 5.32 Å². The summed E-state index contributed by atoms with van der Waals surface area (Å²) in [5.74, 6) is 0.0493. The van der Waals surface area contributed by atoms with Crippen molar-refractivity contribution in [2.75, 3.05) is 11.9 Å². The van der Waals surface area contributed by atoms with Gasteiger partial charge < -0.3 is 10.6 Å². The minimum absolute atomic E-state index is 0.0286. The Kier molecular flexibility index (Phi) is 5.64. The lowest BCUT2D eigenvalue weighted by atomic mass is 10.1. The van der Waals surface area contributed by atoms with Gasteiger partial charge in [-0.25, -0.2) is 0 Å². The van der Waals surface area contributed by atoms with Crippen LogP contribution >= 0.6 is 11.3 Å². The lowest BCUT2D eigenvalue weighted by Crippen LogP contribution is -2.32. The average Bonchev–Trinajstić information content (AvgIpc) is 3.13. The molecule has 0 aliphatic heterocycles. The number of hydrogen-bond acceptors (Lipinski definition) is 3. The number of para-hydroxylation sites is 1. The molecule has 2 N–H and O–H groups in total.